The van der Waals surface area contributed by atoms with Crippen LogP contribution >= 0.6 is 22.9 Å². The SMILES string of the molecule is Cc1nn(-c2ccccc2)cc1CCCNC(=O)c1ccc(Cl)s1. The Kier molecular flexibility index (Phi) is 5.33. The first-order valence-corrected chi connectivity index (χ1v) is 8.97. The molecule has 2 heterocycles. The van der Waals surface area contributed by atoms with Gasteiger partial charge in [0.15, 0.2) is 0 Å². The van der Waals surface area contributed by atoms with Crippen LogP contribution in [0.25, 0.3) is 5.69 Å². The second-order valence-electron chi connectivity index (χ2n) is 5.48. The third kappa shape index (κ3) is 4.04. The first-order valence-electron chi connectivity index (χ1n) is 7.77. The van der Waals surface area contributed by atoms with Crippen LogP contribution < -0.4 is 5.32 Å². The van der Waals surface area contributed by atoms with Crippen LogP contribution in [0.5, 0.6) is 0 Å². The fourth-order valence-electron chi connectivity index (χ4n) is 2.46. The maximum Gasteiger partial charge on any atom is 0.261 e. The number of para-hydroxylation sites is 1. The summed E-state index contributed by atoms with van der Waals surface area (Å²) >= 11 is 7.14. The molecule has 0 aliphatic heterocycles. The maximum atomic E-state index is 11.9. The van der Waals surface area contributed by atoms with Crippen molar-refractivity contribution in [3.8, 4) is 5.69 Å². The van der Waals surface area contributed by atoms with E-state index in [2.05, 4.69) is 16.6 Å². The first-order chi connectivity index (χ1) is 11.6. The standard InChI is InChI=1S/C18H18ClN3OS/c1-13-14(12-22(21-13)15-7-3-2-4-8-15)6-5-11-20-18(23)16-9-10-17(19)24-16/h2-4,7-10,12H,5-6,11H2,1H3,(H,20,23). The Morgan fingerprint density at radius 2 is 2.04 bits per heavy atom. The minimum absolute atomic E-state index is 0.0661. The molecule has 0 saturated heterocycles. The van der Waals surface area contributed by atoms with Crippen LogP contribution in [0.3, 0.4) is 0 Å². The van der Waals surface area contributed by atoms with Gasteiger partial charge in [-0.3, -0.25) is 4.79 Å². The summed E-state index contributed by atoms with van der Waals surface area (Å²) in [6.45, 7) is 2.64. The van der Waals surface area contributed by atoms with Crippen molar-refractivity contribution in [3.63, 3.8) is 0 Å². The normalized spacial score (nSPS) is 10.8. The van der Waals surface area contributed by atoms with E-state index in [1.165, 1.54) is 16.9 Å². The number of halogens is 1. The second-order valence-corrected chi connectivity index (χ2v) is 7.20. The summed E-state index contributed by atoms with van der Waals surface area (Å²) in [5, 5.41) is 7.49. The van der Waals surface area contributed by atoms with Gasteiger partial charge in [0, 0.05) is 12.7 Å². The number of carbonyl (C=O) groups is 1. The monoisotopic (exact) mass is 359 g/mol. The molecule has 124 valence electrons. The molecule has 3 aromatic rings. The minimum atomic E-state index is -0.0661. The maximum absolute atomic E-state index is 11.9. The van der Waals surface area contributed by atoms with E-state index in [0.29, 0.717) is 15.8 Å². The number of nitrogens with zero attached hydrogens (tertiary/aromatic N) is 2. The highest BCUT2D eigenvalue weighted by atomic mass is 35.5. The fourth-order valence-corrected chi connectivity index (χ4v) is 3.42. The van der Waals surface area contributed by atoms with Crippen LogP contribution in [0.15, 0.2) is 48.7 Å². The van der Waals surface area contributed by atoms with Gasteiger partial charge in [0.2, 0.25) is 0 Å². The van der Waals surface area contributed by atoms with Gasteiger partial charge in [0.05, 0.1) is 20.6 Å². The van der Waals surface area contributed by atoms with Crippen LogP contribution in [0.1, 0.15) is 27.3 Å². The van der Waals surface area contributed by atoms with Gasteiger partial charge in [-0.2, -0.15) is 5.10 Å². The van der Waals surface area contributed by atoms with Gasteiger partial charge in [-0.05, 0) is 49.6 Å². The van der Waals surface area contributed by atoms with Crippen molar-refractivity contribution in [1.29, 1.82) is 0 Å². The Bertz CT molecular complexity index is 826. The van der Waals surface area contributed by atoms with Crippen molar-refractivity contribution >= 4 is 28.8 Å². The van der Waals surface area contributed by atoms with Crippen LogP contribution in [0, 0.1) is 6.92 Å². The lowest BCUT2D eigenvalue weighted by Crippen LogP contribution is -2.23. The predicted molar refractivity (Wildman–Crippen MR) is 98.3 cm³/mol. The molecular weight excluding hydrogens is 342 g/mol. The van der Waals surface area contributed by atoms with Crippen LogP contribution in [-0.2, 0) is 6.42 Å². The van der Waals surface area contributed by atoms with E-state index in [4.69, 9.17) is 11.6 Å². The number of hydrogen-bond donors (Lipinski definition) is 1. The lowest BCUT2D eigenvalue weighted by atomic mass is 10.1. The zero-order valence-corrected chi connectivity index (χ0v) is 14.9. The number of aryl methyl sites for hydroxylation is 2. The molecule has 0 atom stereocenters. The zero-order chi connectivity index (χ0) is 16.9. The van der Waals surface area contributed by atoms with Gasteiger partial charge in [-0.15, -0.1) is 11.3 Å². The van der Waals surface area contributed by atoms with Crippen molar-refractivity contribution < 1.29 is 4.79 Å². The van der Waals surface area contributed by atoms with Crippen molar-refractivity contribution in [2.45, 2.75) is 19.8 Å². The summed E-state index contributed by atoms with van der Waals surface area (Å²) in [7, 11) is 0. The van der Waals surface area contributed by atoms with Crippen LogP contribution in [-0.4, -0.2) is 22.2 Å². The summed E-state index contributed by atoms with van der Waals surface area (Å²) in [6, 6.07) is 13.5. The van der Waals surface area contributed by atoms with E-state index in [9.17, 15) is 4.79 Å². The lowest BCUT2D eigenvalue weighted by Gasteiger charge is -2.03. The molecule has 3 rings (SSSR count). The molecular formula is C18H18ClN3OS. The van der Waals surface area contributed by atoms with Gasteiger partial charge < -0.3 is 5.32 Å². The number of hydrogen-bond acceptors (Lipinski definition) is 3. The molecule has 0 saturated carbocycles. The average molecular weight is 360 g/mol. The molecule has 1 amide bonds. The minimum Gasteiger partial charge on any atom is -0.351 e. The topological polar surface area (TPSA) is 46.9 Å². The Balaban J connectivity index is 1.52. The molecule has 0 fully saturated rings. The largest absolute Gasteiger partial charge is 0.351 e. The fraction of sp³-hybridized carbons (Fsp3) is 0.222. The quantitative estimate of drug-likeness (QED) is 0.668. The van der Waals surface area contributed by atoms with Crippen LogP contribution in [0.4, 0.5) is 0 Å². The van der Waals surface area contributed by atoms with E-state index in [1.807, 2.05) is 41.9 Å². The van der Waals surface area contributed by atoms with Gasteiger partial charge in [-0.25, -0.2) is 4.68 Å². The zero-order valence-electron chi connectivity index (χ0n) is 13.3. The van der Waals surface area contributed by atoms with E-state index < -0.39 is 0 Å². The number of benzene rings is 1. The number of aromatic nitrogens is 2. The molecule has 0 radical (unpaired) electrons. The summed E-state index contributed by atoms with van der Waals surface area (Å²) in [5.41, 5.74) is 3.28. The van der Waals surface area contributed by atoms with E-state index >= 15 is 0 Å². The van der Waals surface area contributed by atoms with Gasteiger partial charge >= 0.3 is 0 Å². The summed E-state index contributed by atoms with van der Waals surface area (Å²) in [5.74, 6) is -0.0661. The number of rotatable bonds is 6. The molecule has 0 aliphatic carbocycles. The third-order valence-corrected chi connectivity index (χ3v) is 4.96. The molecule has 0 spiro atoms. The Morgan fingerprint density at radius 1 is 1.25 bits per heavy atom. The second kappa shape index (κ2) is 7.64. The highest BCUT2D eigenvalue weighted by Crippen LogP contribution is 2.21. The van der Waals surface area contributed by atoms with E-state index in [1.54, 1.807) is 12.1 Å². The number of nitrogens with one attached hydrogen (secondary N) is 1. The highest BCUT2D eigenvalue weighted by Gasteiger charge is 2.09. The molecule has 0 aliphatic rings. The molecule has 2 aromatic heterocycles. The Labute approximate surface area is 150 Å². The lowest BCUT2D eigenvalue weighted by molar-refractivity contribution is 0.0957. The number of amides is 1. The molecule has 0 bridgehead atoms. The summed E-state index contributed by atoms with van der Waals surface area (Å²) in [4.78, 5) is 12.6. The summed E-state index contributed by atoms with van der Waals surface area (Å²) < 4.78 is 2.53. The Morgan fingerprint density at radius 3 is 2.75 bits per heavy atom. The van der Waals surface area contributed by atoms with E-state index in [0.717, 1.165) is 24.2 Å². The molecule has 0 unspecified atom stereocenters. The Hall–Kier alpha value is -2.11. The molecule has 1 aromatic carbocycles. The summed E-state index contributed by atoms with van der Waals surface area (Å²) in [6.07, 6.45) is 3.81. The van der Waals surface area contributed by atoms with E-state index in [-0.39, 0.29) is 5.91 Å². The number of carbonyl (C=O) groups excluding carboxylic acids is 1. The first kappa shape index (κ1) is 16.7. The number of thiophene rings is 1. The predicted octanol–water partition coefficient (Wildman–Crippen LogP) is 4.26. The van der Waals surface area contributed by atoms with Crippen molar-refractivity contribution in [3.05, 3.63) is 69.1 Å². The molecule has 1 N–H and O–H groups in total. The highest BCUT2D eigenvalue weighted by molar-refractivity contribution is 7.17. The van der Waals surface area contributed by atoms with Gasteiger partial charge in [0.1, 0.15) is 0 Å². The van der Waals surface area contributed by atoms with Crippen LogP contribution in [0.2, 0.25) is 4.34 Å². The van der Waals surface area contributed by atoms with Crippen molar-refractivity contribution in [2.75, 3.05) is 6.54 Å². The van der Waals surface area contributed by atoms with Gasteiger partial charge in [0.25, 0.3) is 5.91 Å². The van der Waals surface area contributed by atoms with Crippen molar-refractivity contribution in [2.24, 2.45) is 0 Å². The average Bonchev–Trinajstić information content (AvgIpc) is 3.18. The van der Waals surface area contributed by atoms with Gasteiger partial charge in [-0.1, -0.05) is 29.8 Å². The van der Waals surface area contributed by atoms with Crippen molar-refractivity contribution in [1.82, 2.24) is 15.1 Å². The smallest absolute Gasteiger partial charge is 0.261 e. The molecule has 4 nitrogen and oxygen atoms in total. The molecule has 6 heteroatoms. The third-order valence-electron chi connectivity index (χ3n) is 3.73. The molecule has 24 heavy (non-hydrogen) atoms.